The van der Waals surface area contributed by atoms with Crippen LogP contribution in [0.15, 0.2) is 60.8 Å². The number of hydrogen-bond donors (Lipinski definition) is 2. The summed E-state index contributed by atoms with van der Waals surface area (Å²) in [6, 6.07) is 17.0. The van der Waals surface area contributed by atoms with Gasteiger partial charge < -0.3 is 34.4 Å². The van der Waals surface area contributed by atoms with Gasteiger partial charge in [-0.3, -0.25) is 0 Å². The minimum atomic E-state index is 0.0519. The van der Waals surface area contributed by atoms with Crippen molar-refractivity contribution in [3.63, 3.8) is 0 Å². The Balaban J connectivity index is 1.67. The molecule has 184 valence electrons. The Morgan fingerprint density at radius 3 is 2.31 bits per heavy atom. The number of ether oxygens (including phenoxy) is 4. The van der Waals surface area contributed by atoms with E-state index in [0.717, 1.165) is 22.1 Å². The Labute approximate surface area is 208 Å². The molecule has 0 aliphatic carbocycles. The van der Waals surface area contributed by atoms with E-state index < -0.39 is 0 Å². The zero-order chi connectivity index (χ0) is 25.4. The summed E-state index contributed by atoms with van der Waals surface area (Å²) in [5.74, 6) is 2.71. The lowest BCUT2D eigenvalue weighted by Gasteiger charge is -2.13. The van der Waals surface area contributed by atoms with Gasteiger partial charge in [-0.05, 0) is 35.9 Å². The molecule has 0 aliphatic rings. The molecule has 36 heavy (non-hydrogen) atoms. The van der Waals surface area contributed by atoms with Crippen LogP contribution in [-0.4, -0.2) is 43.1 Å². The van der Waals surface area contributed by atoms with E-state index in [9.17, 15) is 5.11 Å². The van der Waals surface area contributed by atoms with Crippen molar-refractivity contribution in [1.82, 2.24) is 9.55 Å². The summed E-state index contributed by atoms with van der Waals surface area (Å²) in [6.07, 6.45) is 1.80. The minimum Gasteiger partial charge on any atom is -0.497 e. The number of para-hydroxylation sites is 1. The highest BCUT2D eigenvalue weighted by atomic mass is 16.5. The molecule has 0 saturated heterocycles. The van der Waals surface area contributed by atoms with E-state index in [-0.39, 0.29) is 5.88 Å². The predicted molar refractivity (Wildman–Crippen MR) is 141 cm³/mol. The van der Waals surface area contributed by atoms with E-state index in [1.165, 1.54) is 0 Å². The van der Waals surface area contributed by atoms with E-state index in [2.05, 4.69) is 0 Å². The molecule has 3 N–H and O–H groups in total. The van der Waals surface area contributed by atoms with E-state index in [1.807, 2.05) is 54.6 Å². The van der Waals surface area contributed by atoms with Crippen molar-refractivity contribution in [2.45, 2.75) is 6.54 Å². The van der Waals surface area contributed by atoms with Crippen LogP contribution < -0.4 is 24.7 Å². The maximum absolute atomic E-state index is 11.1. The SMILES string of the molecule is COc1ccc(OC)c(-c2cccc3c(N)c4c(O)n(Cc5ccc(OC)c(OC)c5)cc4nc23)c1. The number of anilines is 1. The van der Waals surface area contributed by atoms with E-state index in [1.54, 1.807) is 39.2 Å². The highest BCUT2D eigenvalue weighted by Crippen LogP contribution is 2.42. The van der Waals surface area contributed by atoms with Gasteiger partial charge in [0.25, 0.3) is 0 Å². The first kappa shape index (κ1) is 23.2. The van der Waals surface area contributed by atoms with Crippen LogP contribution in [0.1, 0.15) is 5.56 Å². The van der Waals surface area contributed by atoms with Crippen molar-refractivity contribution in [2.75, 3.05) is 34.2 Å². The Bertz CT molecular complexity index is 1590. The molecule has 0 saturated carbocycles. The van der Waals surface area contributed by atoms with Gasteiger partial charge in [-0.2, -0.15) is 0 Å². The molecule has 0 amide bonds. The van der Waals surface area contributed by atoms with Gasteiger partial charge in [0.2, 0.25) is 5.88 Å². The topological polar surface area (TPSA) is 101 Å². The van der Waals surface area contributed by atoms with Crippen LogP contribution in [0.2, 0.25) is 0 Å². The Morgan fingerprint density at radius 2 is 1.58 bits per heavy atom. The highest BCUT2D eigenvalue weighted by Gasteiger charge is 2.19. The summed E-state index contributed by atoms with van der Waals surface area (Å²) in [5, 5.41) is 12.4. The lowest BCUT2D eigenvalue weighted by Crippen LogP contribution is -1.99. The maximum Gasteiger partial charge on any atom is 0.203 e. The lowest BCUT2D eigenvalue weighted by molar-refractivity contribution is 0.354. The fourth-order valence-electron chi connectivity index (χ4n) is 4.55. The van der Waals surface area contributed by atoms with Crippen LogP contribution in [0.5, 0.6) is 28.9 Å². The van der Waals surface area contributed by atoms with E-state index >= 15 is 0 Å². The number of methoxy groups -OCH3 is 4. The zero-order valence-corrected chi connectivity index (χ0v) is 20.5. The Hall–Kier alpha value is -4.59. The molecule has 8 heteroatoms. The van der Waals surface area contributed by atoms with Gasteiger partial charge in [-0.15, -0.1) is 0 Å². The number of fused-ring (bicyclic) bond motifs is 2. The van der Waals surface area contributed by atoms with Crippen LogP contribution >= 0.6 is 0 Å². The number of rotatable bonds is 7. The summed E-state index contributed by atoms with van der Waals surface area (Å²) in [6.45, 7) is 0.398. The highest BCUT2D eigenvalue weighted by molar-refractivity contribution is 6.12. The fourth-order valence-corrected chi connectivity index (χ4v) is 4.55. The van der Waals surface area contributed by atoms with Gasteiger partial charge in [0.1, 0.15) is 11.5 Å². The smallest absolute Gasteiger partial charge is 0.203 e. The fraction of sp³-hybridized carbons (Fsp3) is 0.179. The summed E-state index contributed by atoms with van der Waals surface area (Å²) in [5.41, 5.74) is 11.0. The van der Waals surface area contributed by atoms with Crippen molar-refractivity contribution in [3.05, 3.63) is 66.4 Å². The first-order valence-electron chi connectivity index (χ1n) is 11.3. The van der Waals surface area contributed by atoms with Crippen molar-refractivity contribution in [2.24, 2.45) is 0 Å². The van der Waals surface area contributed by atoms with Gasteiger partial charge in [0, 0.05) is 22.7 Å². The Morgan fingerprint density at radius 1 is 0.833 bits per heavy atom. The molecule has 0 aliphatic heterocycles. The molecule has 2 aromatic heterocycles. The van der Waals surface area contributed by atoms with Crippen molar-refractivity contribution >= 4 is 27.5 Å². The standard InChI is InChI=1S/C28H27N3O5/c1-33-17-9-11-22(34-2)20(13-17)18-6-5-7-19-26(29)25-21(30-27(18)19)15-31(28(25)32)14-16-8-10-23(35-3)24(12-16)36-4/h5-13,15,32H,14,29H2,1-4H3. The first-order chi connectivity index (χ1) is 17.5. The molecule has 0 atom stereocenters. The average molecular weight is 486 g/mol. The number of pyridine rings is 1. The minimum absolute atomic E-state index is 0.0519. The Kier molecular flexibility index (Phi) is 5.93. The van der Waals surface area contributed by atoms with E-state index in [4.69, 9.17) is 29.7 Å². The maximum atomic E-state index is 11.1. The van der Waals surface area contributed by atoms with Crippen LogP contribution in [0.4, 0.5) is 5.69 Å². The van der Waals surface area contributed by atoms with Gasteiger partial charge in [-0.1, -0.05) is 24.3 Å². The number of aromatic nitrogens is 2. The largest absolute Gasteiger partial charge is 0.497 e. The first-order valence-corrected chi connectivity index (χ1v) is 11.3. The molecule has 5 rings (SSSR count). The molecule has 3 aromatic carbocycles. The number of nitrogens with two attached hydrogens (primary N) is 1. The average Bonchev–Trinajstić information content (AvgIpc) is 3.22. The van der Waals surface area contributed by atoms with Crippen LogP contribution in [0.3, 0.4) is 0 Å². The summed E-state index contributed by atoms with van der Waals surface area (Å²) in [4.78, 5) is 4.93. The van der Waals surface area contributed by atoms with Crippen LogP contribution in [-0.2, 0) is 6.54 Å². The number of hydrogen-bond acceptors (Lipinski definition) is 7. The molecule has 0 unspecified atom stereocenters. The van der Waals surface area contributed by atoms with Gasteiger partial charge in [0.05, 0.1) is 57.1 Å². The molecular weight excluding hydrogens is 458 g/mol. The molecule has 0 bridgehead atoms. The quantitative estimate of drug-likeness (QED) is 0.326. The molecular formula is C28H27N3O5. The number of nitrogens with zero attached hydrogens (tertiary/aromatic N) is 2. The molecule has 0 fully saturated rings. The van der Waals surface area contributed by atoms with Crippen molar-refractivity contribution < 1.29 is 24.1 Å². The van der Waals surface area contributed by atoms with Gasteiger partial charge >= 0.3 is 0 Å². The molecule has 2 heterocycles. The van der Waals surface area contributed by atoms with Gasteiger partial charge in [0.15, 0.2) is 11.5 Å². The second kappa shape index (κ2) is 9.22. The van der Waals surface area contributed by atoms with Crippen molar-refractivity contribution in [3.8, 4) is 40.0 Å². The van der Waals surface area contributed by atoms with Crippen molar-refractivity contribution in [1.29, 1.82) is 0 Å². The summed E-state index contributed by atoms with van der Waals surface area (Å²) in [7, 11) is 6.44. The third-order valence-electron chi connectivity index (χ3n) is 6.36. The molecule has 8 nitrogen and oxygen atoms in total. The third-order valence-corrected chi connectivity index (χ3v) is 6.36. The molecule has 0 radical (unpaired) electrons. The van der Waals surface area contributed by atoms with Gasteiger partial charge in [-0.25, -0.2) is 4.98 Å². The summed E-state index contributed by atoms with van der Waals surface area (Å²) >= 11 is 0. The predicted octanol–water partition coefficient (Wildman–Crippen LogP) is 5.23. The van der Waals surface area contributed by atoms with Crippen LogP contribution in [0.25, 0.3) is 32.9 Å². The lowest BCUT2D eigenvalue weighted by atomic mass is 9.99. The normalized spacial score (nSPS) is 11.1. The second-order valence-corrected chi connectivity index (χ2v) is 8.32. The molecule has 5 aromatic rings. The molecule has 0 spiro atoms. The number of benzene rings is 3. The van der Waals surface area contributed by atoms with Crippen LogP contribution in [0, 0.1) is 0 Å². The zero-order valence-electron chi connectivity index (χ0n) is 20.5. The number of aromatic hydroxyl groups is 1. The van der Waals surface area contributed by atoms with E-state index in [0.29, 0.717) is 51.6 Å². The summed E-state index contributed by atoms with van der Waals surface area (Å²) < 4.78 is 23.5. The number of nitrogen functional groups attached to an aromatic ring is 1. The second-order valence-electron chi connectivity index (χ2n) is 8.32. The monoisotopic (exact) mass is 485 g/mol. The third kappa shape index (κ3) is 3.76.